The van der Waals surface area contributed by atoms with Gasteiger partial charge in [0.2, 0.25) is 0 Å². The molecule has 6 heteroatoms. The van der Waals surface area contributed by atoms with Gasteiger partial charge in [0.1, 0.15) is 5.75 Å². The molecule has 0 aliphatic carbocycles. The van der Waals surface area contributed by atoms with Gasteiger partial charge in [-0.15, -0.1) is 6.58 Å². The van der Waals surface area contributed by atoms with Crippen molar-refractivity contribution in [3.8, 4) is 5.75 Å². The average molecular weight is 329 g/mol. The Hall–Kier alpha value is -2.60. The van der Waals surface area contributed by atoms with Gasteiger partial charge in [-0.05, 0) is 42.0 Å². The van der Waals surface area contributed by atoms with Gasteiger partial charge in [-0.2, -0.15) is 0 Å². The molecular formula is C17H19N3O2S. The van der Waals surface area contributed by atoms with Gasteiger partial charge in [0, 0.05) is 6.54 Å². The summed E-state index contributed by atoms with van der Waals surface area (Å²) in [5.41, 5.74) is 5.10. The second kappa shape index (κ2) is 8.14. The number of hydrazine groups is 1. The number of carbonyl (C=O) groups is 1. The van der Waals surface area contributed by atoms with E-state index < -0.39 is 6.10 Å². The number of fused-ring (bicyclic) bond motifs is 1. The number of ether oxygens (including phenoxy) is 1. The van der Waals surface area contributed by atoms with Crippen LogP contribution in [0.15, 0.2) is 55.1 Å². The monoisotopic (exact) mass is 329 g/mol. The van der Waals surface area contributed by atoms with Crippen LogP contribution in [0.25, 0.3) is 10.8 Å². The first kappa shape index (κ1) is 16.8. The molecule has 0 aromatic heterocycles. The fourth-order valence-corrected chi connectivity index (χ4v) is 2.06. The summed E-state index contributed by atoms with van der Waals surface area (Å²) in [7, 11) is 0. The molecule has 5 nitrogen and oxygen atoms in total. The third-order valence-corrected chi connectivity index (χ3v) is 3.36. The molecule has 0 saturated carbocycles. The Kier molecular flexibility index (Phi) is 5.94. The summed E-state index contributed by atoms with van der Waals surface area (Å²) in [6.07, 6.45) is 1.01. The molecule has 0 radical (unpaired) electrons. The summed E-state index contributed by atoms with van der Waals surface area (Å²) in [6.45, 7) is 5.76. The lowest BCUT2D eigenvalue weighted by Crippen LogP contribution is -2.50. The van der Waals surface area contributed by atoms with E-state index in [9.17, 15) is 4.79 Å². The van der Waals surface area contributed by atoms with Crippen molar-refractivity contribution >= 4 is 34.0 Å². The Morgan fingerprint density at radius 3 is 2.74 bits per heavy atom. The Labute approximate surface area is 140 Å². The summed E-state index contributed by atoms with van der Waals surface area (Å²) < 4.78 is 5.67. The fraction of sp³-hybridized carbons (Fsp3) is 0.176. The average Bonchev–Trinajstić information content (AvgIpc) is 2.57. The first-order valence-electron chi connectivity index (χ1n) is 7.20. The number of hydrogen-bond acceptors (Lipinski definition) is 3. The lowest BCUT2D eigenvalue weighted by atomic mass is 10.1. The topological polar surface area (TPSA) is 62.4 Å². The standard InChI is InChI=1S/C17H19N3O2S/c1-3-10-18-17(23)20-19-16(21)12(2)22-15-9-8-13-6-4-5-7-14(13)11-15/h3-9,11-12H,1,10H2,2H3,(H,19,21)(H2,18,20,23)/t12-/m1/s1. The Balaban J connectivity index is 1.89. The highest BCUT2D eigenvalue weighted by molar-refractivity contribution is 7.80. The SMILES string of the molecule is C=CCNC(=S)NNC(=O)[C@@H](C)Oc1ccc2ccccc2c1. The number of benzene rings is 2. The Morgan fingerprint density at radius 2 is 2.00 bits per heavy atom. The van der Waals surface area contributed by atoms with Gasteiger partial charge in [0.05, 0.1) is 0 Å². The van der Waals surface area contributed by atoms with Crippen LogP contribution < -0.4 is 20.9 Å². The number of nitrogens with one attached hydrogen (secondary N) is 3. The number of thiocarbonyl (C=S) groups is 1. The van der Waals surface area contributed by atoms with E-state index in [2.05, 4.69) is 22.7 Å². The van der Waals surface area contributed by atoms with Crippen LogP contribution in [0.4, 0.5) is 0 Å². The van der Waals surface area contributed by atoms with Crippen molar-refractivity contribution in [2.24, 2.45) is 0 Å². The molecular weight excluding hydrogens is 310 g/mol. The van der Waals surface area contributed by atoms with Crippen LogP contribution in [0.5, 0.6) is 5.75 Å². The van der Waals surface area contributed by atoms with Crippen LogP contribution >= 0.6 is 12.2 Å². The molecule has 2 aromatic rings. The van der Waals surface area contributed by atoms with Gasteiger partial charge in [-0.25, -0.2) is 0 Å². The molecule has 0 spiro atoms. The highest BCUT2D eigenvalue weighted by Crippen LogP contribution is 2.21. The predicted molar refractivity (Wildman–Crippen MR) is 96.1 cm³/mol. The molecule has 2 aromatic carbocycles. The predicted octanol–water partition coefficient (Wildman–Crippen LogP) is 2.29. The molecule has 0 aliphatic rings. The zero-order chi connectivity index (χ0) is 16.7. The van der Waals surface area contributed by atoms with Crippen LogP contribution in [0.2, 0.25) is 0 Å². The molecule has 120 valence electrons. The van der Waals surface area contributed by atoms with Crippen molar-refractivity contribution in [3.05, 3.63) is 55.1 Å². The molecule has 0 heterocycles. The van der Waals surface area contributed by atoms with Crippen molar-refractivity contribution in [1.82, 2.24) is 16.2 Å². The molecule has 0 fully saturated rings. The van der Waals surface area contributed by atoms with E-state index in [1.54, 1.807) is 13.0 Å². The summed E-state index contributed by atoms with van der Waals surface area (Å²) in [6, 6.07) is 13.7. The molecule has 0 bridgehead atoms. The minimum absolute atomic E-state index is 0.316. The van der Waals surface area contributed by atoms with Gasteiger partial charge >= 0.3 is 0 Å². The van der Waals surface area contributed by atoms with Gasteiger partial charge in [0.15, 0.2) is 11.2 Å². The summed E-state index contributed by atoms with van der Waals surface area (Å²) in [5.74, 6) is 0.319. The maximum atomic E-state index is 12.0. The summed E-state index contributed by atoms with van der Waals surface area (Å²) >= 11 is 4.98. The van der Waals surface area contributed by atoms with Crippen LogP contribution in [-0.2, 0) is 4.79 Å². The van der Waals surface area contributed by atoms with Crippen molar-refractivity contribution in [2.45, 2.75) is 13.0 Å². The van der Waals surface area contributed by atoms with Gasteiger partial charge in [0.25, 0.3) is 5.91 Å². The number of rotatable bonds is 5. The van der Waals surface area contributed by atoms with Crippen molar-refractivity contribution < 1.29 is 9.53 Å². The lowest BCUT2D eigenvalue weighted by Gasteiger charge is -2.16. The van der Waals surface area contributed by atoms with Gasteiger partial charge in [-0.3, -0.25) is 15.6 Å². The molecule has 0 unspecified atom stereocenters. The third-order valence-electron chi connectivity index (χ3n) is 3.11. The fourth-order valence-electron chi connectivity index (χ4n) is 1.93. The molecule has 1 amide bonds. The van der Waals surface area contributed by atoms with Gasteiger partial charge in [-0.1, -0.05) is 36.4 Å². The molecule has 23 heavy (non-hydrogen) atoms. The Morgan fingerprint density at radius 1 is 1.26 bits per heavy atom. The smallest absolute Gasteiger partial charge is 0.279 e. The van der Waals surface area contributed by atoms with E-state index in [0.29, 0.717) is 17.4 Å². The molecule has 1 atom stereocenters. The second-order valence-corrected chi connectivity index (χ2v) is 5.29. The van der Waals surface area contributed by atoms with Gasteiger partial charge < -0.3 is 10.1 Å². The van der Waals surface area contributed by atoms with E-state index in [-0.39, 0.29) is 5.91 Å². The van der Waals surface area contributed by atoms with E-state index in [1.165, 1.54) is 0 Å². The van der Waals surface area contributed by atoms with E-state index >= 15 is 0 Å². The van der Waals surface area contributed by atoms with E-state index in [4.69, 9.17) is 17.0 Å². The highest BCUT2D eigenvalue weighted by atomic mass is 32.1. The molecule has 0 aliphatic heterocycles. The highest BCUT2D eigenvalue weighted by Gasteiger charge is 2.14. The quantitative estimate of drug-likeness (QED) is 0.446. The van der Waals surface area contributed by atoms with Crippen LogP contribution in [-0.4, -0.2) is 23.7 Å². The van der Waals surface area contributed by atoms with Crippen molar-refractivity contribution in [3.63, 3.8) is 0 Å². The summed E-state index contributed by atoms with van der Waals surface area (Å²) in [4.78, 5) is 12.0. The number of amides is 1. The van der Waals surface area contributed by atoms with Crippen LogP contribution in [0.1, 0.15) is 6.92 Å². The maximum Gasteiger partial charge on any atom is 0.279 e. The minimum atomic E-state index is -0.661. The summed E-state index contributed by atoms with van der Waals surface area (Å²) in [5, 5.41) is 5.34. The zero-order valence-corrected chi connectivity index (χ0v) is 13.7. The first-order valence-corrected chi connectivity index (χ1v) is 7.61. The first-order chi connectivity index (χ1) is 11.1. The van der Waals surface area contributed by atoms with Crippen molar-refractivity contribution in [1.29, 1.82) is 0 Å². The lowest BCUT2D eigenvalue weighted by molar-refractivity contribution is -0.127. The minimum Gasteiger partial charge on any atom is -0.481 e. The third kappa shape index (κ3) is 4.96. The van der Waals surface area contributed by atoms with Crippen LogP contribution in [0.3, 0.4) is 0 Å². The van der Waals surface area contributed by atoms with Crippen LogP contribution in [0, 0.1) is 0 Å². The maximum absolute atomic E-state index is 12.0. The van der Waals surface area contributed by atoms with E-state index in [1.807, 2.05) is 42.5 Å². The Bertz CT molecular complexity index is 718. The van der Waals surface area contributed by atoms with Crippen molar-refractivity contribution in [2.75, 3.05) is 6.54 Å². The van der Waals surface area contributed by atoms with E-state index in [0.717, 1.165) is 10.8 Å². The second-order valence-electron chi connectivity index (χ2n) is 4.88. The molecule has 3 N–H and O–H groups in total. The molecule has 0 saturated heterocycles. The largest absolute Gasteiger partial charge is 0.481 e. The number of carbonyl (C=O) groups excluding carboxylic acids is 1. The molecule has 2 rings (SSSR count). The number of hydrogen-bond donors (Lipinski definition) is 3. The zero-order valence-electron chi connectivity index (χ0n) is 12.8. The normalized spacial score (nSPS) is 11.3.